The highest BCUT2D eigenvalue weighted by Gasteiger charge is 2.30. The summed E-state index contributed by atoms with van der Waals surface area (Å²) in [5.74, 6) is 0.337. The molecule has 0 saturated carbocycles. The van der Waals surface area contributed by atoms with Gasteiger partial charge < -0.3 is 19.7 Å². The molecule has 9 heteroatoms. The van der Waals surface area contributed by atoms with Crippen LogP contribution in [0, 0.1) is 6.92 Å². The summed E-state index contributed by atoms with van der Waals surface area (Å²) in [7, 11) is 1.52. The van der Waals surface area contributed by atoms with Crippen LogP contribution in [0.25, 0.3) is 0 Å². The molecular weight excluding hydrogens is 450 g/mol. The zero-order valence-electron chi connectivity index (χ0n) is 18.8. The van der Waals surface area contributed by atoms with Crippen LogP contribution in [-0.2, 0) is 4.74 Å². The molecule has 0 radical (unpaired) electrons. The molecule has 0 unspecified atom stereocenters. The second kappa shape index (κ2) is 11.6. The average Bonchev–Trinajstić information content (AvgIpc) is 3.18. The van der Waals surface area contributed by atoms with Gasteiger partial charge in [-0.2, -0.15) is 0 Å². The lowest BCUT2D eigenvalue weighted by Gasteiger charge is -2.32. The van der Waals surface area contributed by atoms with E-state index in [-0.39, 0.29) is 17.7 Å². The Balaban J connectivity index is 1.65. The van der Waals surface area contributed by atoms with Gasteiger partial charge in [-0.1, -0.05) is 18.5 Å². The lowest BCUT2D eigenvalue weighted by molar-refractivity contribution is 0.0707. The molecular formula is C23H30ClN3O4S. The van der Waals surface area contributed by atoms with Crippen LogP contribution >= 0.6 is 22.9 Å². The number of aromatic nitrogens is 1. The third kappa shape index (κ3) is 5.79. The Kier molecular flexibility index (Phi) is 8.90. The SMILES string of the molecule is CCCOCCNC(=O)c1ccc(C)nc1C1CCN(C(=O)c2csc(Cl)c2OC)CC1. The average molecular weight is 480 g/mol. The van der Waals surface area contributed by atoms with E-state index < -0.39 is 0 Å². The molecule has 1 aliphatic rings. The highest BCUT2D eigenvalue weighted by molar-refractivity contribution is 7.15. The number of amides is 2. The maximum atomic E-state index is 13.0. The molecule has 1 saturated heterocycles. The zero-order chi connectivity index (χ0) is 23.1. The molecule has 0 atom stereocenters. The van der Waals surface area contributed by atoms with Crippen LogP contribution in [-0.4, -0.2) is 61.7 Å². The second-order valence-corrected chi connectivity index (χ2v) is 9.26. The smallest absolute Gasteiger partial charge is 0.258 e. The molecule has 2 aromatic rings. The first kappa shape index (κ1) is 24.5. The van der Waals surface area contributed by atoms with Crippen molar-refractivity contribution in [2.24, 2.45) is 0 Å². The summed E-state index contributed by atoms with van der Waals surface area (Å²) >= 11 is 7.42. The second-order valence-electron chi connectivity index (χ2n) is 7.78. The number of halogens is 1. The summed E-state index contributed by atoms with van der Waals surface area (Å²) in [6, 6.07) is 3.70. The van der Waals surface area contributed by atoms with E-state index in [1.807, 2.05) is 30.9 Å². The first-order valence-electron chi connectivity index (χ1n) is 10.9. The van der Waals surface area contributed by atoms with Gasteiger partial charge in [0.2, 0.25) is 0 Å². The fraction of sp³-hybridized carbons (Fsp3) is 0.522. The zero-order valence-corrected chi connectivity index (χ0v) is 20.4. The topological polar surface area (TPSA) is 80.8 Å². The van der Waals surface area contributed by atoms with Gasteiger partial charge in [-0.25, -0.2) is 0 Å². The van der Waals surface area contributed by atoms with Crippen LogP contribution in [0.5, 0.6) is 5.75 Å². The summed E-state index contributed by atoms with van der Waals surface area (Å²) in [4.78, 5) is 32.3. The molecule has 0 aromatic carbocycles. The summed E-state index contributed by atoms with van der Waals surface area (Å²) in [5, 5.41) is 4.67. The fourth-order valence-corrected chi connectivity index (χ4v) is 4.89. The number of ether oxygens (including phenoxy) is 2. The molecule has 1 aliphatic heterocycles. The maximum Gasteiger partial charge on any atom is 0.258 e. The monoisotopic (exact) mass is 479 g/mol. The van der Waals surface area contributed by atoms with Crippen molar-refractivity contribution in [1.82, 2.24) is 15.2 Å². The van der Waals surface area contributed by atoms with Crippen molar-refractivity contribution in [1.29, 1.82) is 0 Å². The minimum absolute atomic E-state index is 0.0781. The number of hydrogen-bond donors (Lipinski definition) is 1. The van der Waals surface area contributed by atoms with E-state index in [4.69, 9.17) is 26.1 Å². The molecule has 3 rings (SSSR count). The lowest BCUT2D eigenvalue weighted by Crippen LogP contribution is -2.38. The number of piperidine rings is 1. The largest absolute Gasteiger partial charge is 0.493 e. The van der Waals surface area contributed by atoms with Crippen molar-refractivity contribution in [3.63, 3.8) is 0 Å². The number of hydrogen-bond acceptors (Lipinski definition) is 6. The molecule has 7 nitrogen and oxygen atoms in total. The Bertz CT molecular complexity index is 941. The highest BCUT2D eigenvalue weighted by Crippen LogP contribution is 2.37. The predicted octanol–water partition coefficient (Wildman–Crippen LogP) is 4.29. The van der Waals surface area contributed by atoms with E-state index in [9.17, 15) is 9.59 Å². The number of likely N-dealkylation sites (tertiary alicyclic amines) is 1. The first-order valence-corrected chi connectivity index (χ1v) is 12.2. The van der Waals surface area contributed by atoms with Crippen molar-refractivity contribution in [3.8, 4) is 5.75 Å². The molecule has 3 heterocycles. The van der Waals surface area contributed by atoms with E-state index in [1.54, 1.807) is 5.38 Å². The maximum absolute atomic E-state index is 13.0. The van der Waals surface area contributed by atoms with E-state index >= 15 is 0 Å². The first-order chi connectivity index (χ1) is 15.5. The summed E-state index contributed by atoms with van der Waals surface area (Å²) < 4.78 is 11.2. The molecule has 1 N–H and O–H groups in total. The quantitative estimate of drug-likeness (QED) is 0.542. The van der Waals surface area contributed by atoms with E-state index in [1.165, 1.54) is 18.4 Å². The van der Waals surface area contributed by atoms with E-state index in [0.717, 1.165) is 30.7 Å². The van der Waals surface area contributed by atoms with Crippen molar-refractivity contribution >= 4 is 34.8 Å². The molecule has 0 spiro atoms. The van der Waals surface area contributed by atoms with Gasteiger partial charge in [0, 0.05) is 43.2 Å². The minimum atomic E-state index is -0.135. The summed E-state index contributed by atoms with van der Waals surface area (Å²) in [6.07, 6.45) is 2.43. The van der Waals surface area contributed by atoms with Gasteiger partial charge in [-0.15, -0.1) is 11.3 Å². The van der Waals surface area contributed by atoms with E-state index in [2.05, 4.69) is 5.32 Å². The van der Waals surface area contributed by atoms with Gasteiger partial charge in [0.25, 0.3) is 11.8 Å². The Morgan fingerprint density at radius 2 is 2.00 bits per heavy atom. The molecule has 0 bridgehead atoms. The van der Waals surface area contributed by atoms with Crippen LogP contribution in [0.2, 0.25) is 4.34 Å². The molecule has 32 heavy (non-hydrogen) atoms. The number of pyridine rings is 1. The molecule has 1 fully saturated rings. The van der Waals surface area contributed by atoms with Gasteiger partial charge in [0.05, 0.1) is 30.5 Å². The minimum Gasteiger partial charge on any atom is -0.493 e. The van der Waals surface area contributed by atoms with Crippen molar-refractivity contribution in [2.45, 2.75) is 39.0 Å². The third-order valence-electron chi connectivity index (χ3n) is 5.50. The van der Waals surface area contributed by atoms with Crippen molar-refractivity contribution in [3.05, 3.63) is 44.4 Å². The fourth-order valence-electron chi connectivity index (χ4n) is 3.85. The number of methoxy groups -OCH3 is 1. The number of carbonyl (C=O) groups is 2. The number of nitrogens with one attached hydrogen (secondary N) is 1. The number of rotatable bonds is 9. The van der Waals surface area contributed by atoms with Gasteiger partial charge in [0.15, 0.2) is 5.75 Å². The predicted molar refractivity (Wildman–Crippen MR) is 126 cm³/mol. The number of aryl methyl sites for hydroxylation is 1. The lowest BCUT2D eigenvalue weighted by atomic mass is 9.89. The Labute approximate surface area is 198 Å². The van der Waals surface area contributed by atoms with Gasteiger partial charge >= 0.3 is 0 Å². The van der Waals surface area contributed by atoms with Crippen LogP contribution in [0.1, 0.15) is 64.2 Å². The molecule has 2 amide bonds. The number of nitrogens with zero attached hydrogens (tertiary/aromatic N) is 2. The van der Waals surface area contributed by atoms with Gasteiger partial charge in [-0.05, 0) is 38.3 Å². The Morgan fingerprint density at radius 1 is 1.25 bits per heavy atom. The standard InChI is InChI=1S/C23H30ClN3O4S/c1-4-12-31-13-9-25-22(28)17-6-5-15(2)26-19(17)16-7-10-27(11-8-16)23(29)18-14-32-21(24)20(18)30-3/h5-6,14,16H,4,7-13H2,1-3H3,(H,25,28). The van der Waals surface area contributed by atoms with Gasteiger partial charge in [0.1, 0.15) is 4.34 Å². The summed E-state index contributed by atoms with van der Waals surface area (Å²) in [6.45, 7) is 6.79. The summed E-state index contributed by atoms with van der Waals surface area (Å²) in [5.41, 5.74) is 2.78. The highest BCUT2D eigenvalue weighted by atomic mass is 35.5. The number of thiophene rings is 1. The van der Waals surface area contributed by atoms with Crippen LogP contribution < -0.4 is 10.1 Å². The Hall–Kier alpha value is -2.16. The molecule has 174 valence electrons. The van der Waals surface area contributed by atoms with Crippen molar-refractivity contribution < 1.29 is 19.1 Å². The van der Waals surface area contributed by atoms with Crippen LogP contribution in [0.4, 0.5) is 0 Å². The Morgan fingerprint density at radius 3 is 2.69 bits per heavy atom. The van der Waals surface area contributed by atoms with Gasteiger partial charge in [-0.3, -0.25) is 14.6 Å². The van der Waals surface area contributed by atoms with Crippen LogP contribution in [0.15, 0.2) is 17.5 Å². The third-order valence-corrected chi connectivity index (χ3v) is 6.68. The van der Waals surface area contributed by atoms with E-state index in [0.29, 0.717) is 54.1 Å². The molecule has 0 aliphatic carbocycles. The molecule has 2 aromatic heterocycles. The van der Waals surface area contributed by atoms with Crippen LogP contribution in [0.3, 0.4) is 0 Å². The van der Waals surface area contributed by atoms with Crippen molar-refractivity contribution in [2.75, 3.05) is 40.0 Å². The normalized spacial score (nSPS) is 14.4. The number of carbonyl (C=O) groups excluding carboxylic acids is 2.